The van der Waals surface area contributed by atoms with Crippen molar-refractivity contribution in [2.45, 2.75) is 0 Å². The predicted octanol–water partition coefficient (Wildman–Crippen LogP) is 2.87. The molecule has 0 unspecified atom stereocenters. The lowest BCUT2D eigenvalue weighted by Crippen LogP contribution is -1.96. The molecule has 0 aliphatic carbocycles. The van der Waals surface area contributed by atoms with Crippen LogP contribution in [0.25, 0.3) is 0 Å². The van der Waals surface area contributed by atoms with E-state index >= 15 is 0 Å². The molecule has 0 bridgehead atoms. The number of nitrogens with zero attached hydrogens (tertiary/aromatic N) is 1. The first kappa shape index (κ1) is 11.5. The molecule has 0 N–H and O–H groups in total. The van der Waals surface area contributed by atoms with Crippen LogP contribution < -0.4 is 4.74 Å². The number of nitro groups is 1. The molecule has 0 radical (unpaired) electrons. The molecule has 1 aromatic rings. The van der Waals surface area contributed by atoms with Crippen molar-refractivity contribution >= 4 is 17.3 Å². The van der Waals surface area contributed by atoms with Gasteiger partial charge in [-0.2, -0.15) is 4.39 Å². The third-order valence-corrected chi connectivity index (χ3v) is 1.73. The molecule has 0 heterocycles. The Hall–Kier alpha value is -1.62. The van der Waals surface area contributed by atoms with Crippen LogP contribution in [-0.2, 0) is 0 Å². The van der Waals surface area contributed by atoms with Crippen LogP contribution in [0.15, 0.2) is 29.8 Å². The van der Waals surface area contributed by atoms with Crippen molar-refractivity contribution in [3.63, 3.8) is 0 Å². The van der Waals surface area contributed by atoms with Gasteiger partial charge in [0.1, 0.15) is 12.4 Å². The first-order chi connectivity index (χ1) is 7.15. The van der Waals surface area contributed by atoms with Crippen molar-refractivity contribution in [2.75, 3.05) is 6.61 Å². The summed E-state index contributed by atoms with van der Waals surface area (Å²) in [6, 6.07) is 3.33. The van der Waals surface area contributed by atoms with E-state index in [0.29, 0.717) is 0 Å². The van der Waals surface area contributed by atoms with E-state index in [1.54, 1.807) is 0 Å². The topological polar surface area (TPSA) is 52.4 Å². The molecule has 0 amide bonds. The zero-order valence-electron chi connectivity index (χ0n) is 7.52. The highest BCUT2D eigenvalue weighted by atomic mass is 35.5. The van der Waals surface area contributed by atoms with Crippen LogP contribution in [0.2, 0.25) is 0 Å². The SMILES string of the molecule is O=[N+]([O-])c1ccc(OCC=CCl)cc1F. The summed E-state index contributed by atoms with van der Waals surface area (Å²) in [5.74, 6) is -0.708. The minimum absolute atomic E-state index is 0.181. The predicted molar refractivity (Wildman–Crippen MR) is 53.5 cm³/mol. The molecule has 0 aromatic heterocycles. The van der Waals surface area contributed by atoms with Crippen molar-refractivity contribution < 1.29 is 14.1 Å². The second-order valence-corrected chi connectivity index (χ2v) is 2.79. The monoisotopic (exact) mass is 231 g/mol. The molecule has 0 aliphatic rings. The summed E-state index contributed by atoms with van der Waals surface area (Å²) >= 11 is 5.24. The molecular formula is C9H7ClFNO3. The smallest absolute Gasteiger partial charge is 0.305 e. The first-order valence-electron chi connectivity index (χ1n) is 3.97. The lowest BCUT2D eigenvalue weighted by molar-refractivity contribution is -0.387. The van der Waals surface area contributed by atoms with Gasteiger partial charge in [-0.15, -0.1) is 0 Å². The summed E-state index contributed by atoms with van der Waals surface area (Å²) in [6.07, 6.45) is 1.51. The maximum Gasteiger partial charge on any atom is 0.305 e. The summed E-state index contributed by atoms with van der Waals surface area (Å²) in [6.45, 7) is 0.181. The van der Waals surface area contributed by atoms with E-state index in [1.807, 2.05) is 0 Å². The summed E-state index contributed by atoms with van der Waals surface area (Å²) in [4.78, 5) is 9.50. The average Bonchev–Trinajstić information content (AvgIpc) is 2.17. The standard InChI is InChI=1S/C9H7ClFNO3/c10-4-1-5-15-7-2-3-9(12(13)14)8(11)6-7/h1-4,6H,5H2. The number of halogens is 2. The highest BCUT2D eigenvalue weighted by Gasteiger charge is 2.13. The van der Waals surface area contributed by atoms with Gasteiger partial charge in [-0.3, -0.25) is 10.1 Å². The molecular weight excluding hydrogens is 225 g/mol. The van der Waals surface area contributed by atoms with Crippen LogP contribution in [0.1, 0.15) is 0 Å². The highest BCUT2D eigenvalue weighted by molar-refractivity contribution is 6.25. The Morgan fingerprint density at radius 2 is 2.33 bits per heavy atom. The average molecular weight is 232 g/mol. The molecule has 0 saturated heterocycles. The summed E-state index contributed by atoms with van der Waals surface area (Å²) < 4.78 is 18.1. The van der Waals surface area contributed by atoms with E-state index in [2.05, 4.69) is 0 Å². The Morgan fingerprint density at radius 1 is 1.60 bits per heavy atom. The summed E-state index contributed by atoms with van der Waals surface area (Å²) in [5.41, 5.74) is 0.692. The quantitative estimate of drug-likeness (QED) is 0.591. The molecule has 15 heavy (non-hydrogen) atoms. The maximum atomic E-state index is 13.0. The fraction of sp³-hybridized carbons (Fsp3) is 0.111. The third-order valence-electron chi connectivity index (χ3n) is 1.55. The summed E-state index contributed by atoms with van der Waals surface area (Å²) in [5, 5.41) is 10.3. The molecule has 0 fully saturated rings. The van der Waals surface area contributed by atoms with Gasteiger partial charge >= 0.3 is 5.69 Å². The molecule has 0 spiro atoms. The van der Waals surface area contributed by atoms with E-state index in [1.165, 1.54) is 17.7 Å². The van der Waals surface area contributed by atoms with Gasteiger partial charge in [-0.25, -0.2) is 0 Å². The number of nitro benzene ring substituents is 1. The molecule has 4 nitrogen and oxygen atoms in total. The largest absolute Gasteiger partial charge is 0.489 e. The lowest BCUT2D eigenvalue weighted by atomic mass is 10.3. The molecule has 6 heteroatoms. The molecule has 1 aromatic carbocycles. The van der Waals surface area contributed by atoms with Gasteiger partial charge in [0.2, 0.25) is 5.82 Å². The number of benzene rings is 1. The number of ether oxygens (including phenoxy) is 1. The Bertz CT molecular complexity index is 395. The van der Waals surface area contributed by atoms with Crippen molar-refractivity contribution in [3.8, 4) is 5.75 Å². The normalized spacial score (nSPS) is 10.5. The van der Waals surface area contributed by atoms with Gasteiger partial charge < -0.3 is 4.74 Å². The van der Waals surface area contributed by atoms with Crippen molar-refractivity contribution in [2.24, 2.45) is 0 Å². The molecule has 1 rings (SSSR count). The minimum Gasteiger partial charge on any atom is -0.489 e. The minimum atomic E-state index is -0.924. The van der Waals surface area contributed by atoms with Crippen LogP contribution in [0.3, 0.4) is 0 Å². The van der Waals surface area contributed by atoms with E-state index < -0.39 is 16.4 Å². The van der Waals surface area contributed by atoms with Crippen molar-refractivity contribution in [1.82, 2.24) is 0 Å². The van der Waals surface area contributed by atoms with Gasteiger partial charge in [0.25, 0.3) is 0 Å². The van der Waals surface area contributed by atoms with E-state index in [4.69, 9.17) is 16.3 Å². The van der Waals surface area contributed by atoms with E-state index in [9.17, 15) is 14.5 Å². The van der Waals surface area contributed by atoms with Gasteiger partial charge in [-0.1, -0.05) is 11.6 Å². The van der Waals surface area contributed by atoms with Gasteiger partial charge in [0, 0.05) is 17.7 Å². The van der Waals surface area contributed by atoms with Crippen molar-refractivity contribution in [3.05, 3.63) is 45.7 Å². The number of rotatable bonds is 4. The number of hydrogen-bond donors (Lipinski definition) is 0. The van der Waals surface area contributed by atoms with Crippen LogP contribution in [0.4, 0.5) is 10.1 Å². The van der Waals surface area contributed by atoms with E-state index in [-0.39, 0.29) is 12.4 Å². The fourth-order valence-electron chi connectivity index (χ4n) is 0.906. The van der Waals surface area contributed by atoms with Crippen LogP contribution in [-0.4, -0.2) is 11.5 Å². The van der Waals surface area contributed by atoms with Gasteiger partial charge in [0.15, 0.2) is 0 Å². The second kappa shape index (κ2) is 5.31. The Labute approximate surface area is 90.1 Å². The van der Waals surface area contributed by atoms with Crippen LogP contribution in [0.5, 0.6) is 5.75 Å². The molecule has 80 valence electrons. The van der Waals surface area contributed by atoms with Crippen LogP contribution >= 0.6 is 11.6 Å². The lowest BCUT2D eigenvalue weighted by Gasteiger charge is -2.02. The Balaban J connectivity index is 2.77. The third kappa shape index (κ3) is 3.21. The van der Waals surface area contributed by atoms with Crippen molar-refractivity contribution in [1.29, 1.82) is 0 Å². The molecule has 0 atom stereocenters. The van der Waals surface area contributed by atoms with Gasteiger partial charge in [0.05, 0.1) is 4.92 Å². The second-order valence-electron chi connectivity index (χ2n) is 2.54. The van der Waals surface area contributed by atoms with Gasteiger partial charge in [-0.05, 0) is 12.1 Å². The first-order valence-corrected chi connectivity index (χ1v) is 4.40. The fourth-order valence-corrected chi connectivity index (χ4v) is 0.979. The highest BCUT2D eigenvalue weighted by Crippen LogP contribution is 2.22. The Kier molecular flexibility index (Phi) is 4.05. The molecule has 0 saturated carbocycles. The van der Waals surface area contributed by atoms with E-state index in [0.717, 1.165) is 12.1 Å². The van der Waals surface area contributed by atoms with Crippen LogP contribution in [0, 0.1) is 15.9 Å². The Morgan fingerprint density at radius 3 is 2.87 bits per heavy atom. The zero-order valence-corrected chi connectivity index (χ0v) is 8.28. The maximum absolute atomic E-state index is 13.0. The zero-order chi connectivity index (χ0) is 11.3. The summed E-state index contributed by atoms with van der Waals surface area (Å²) in [7, 11) is 0. The number of hydrogen-bond acceptors (Lipinski definition) is 3. The molecule has 0 aliphatic heterocycles.